The van der Waals surface area contributed by atoms with E-state index < -0.39 is 11.8 Å². The summed E-state index contributed by atoms with van der Waals surface area (Å²) in [7, 11) is 1.51. The summed E-state index contributed by atoms with van der Waals surface area (Å²) in [5.41, 5.74) is 3.25. The van der Waals surface area contributed by atoms with Gasteiger partial charge in [-0.15, -0.1) is 0 Å². The molecule has 0 saturated heterocycles. The summed E-state index contributed by atoms with van der Waals surface area (Å²) in [6, 6.07) is 4.05. The van der Waals surface area contributed by atoms with E-state index in [4.69, 9.17) is 14.3 Å². The zero-order valence-corrected chi connectivity index (χ0v) is 17.7. The molecule has 28 heavy (non-hydrogen) atoms. The third kappa shape index (κ3) is 3.59. The molecule has 152 valence electrons. The number of hydrogen-bond acceptors (Lipinski definition) is 5. The van der Waals surface area contributed by atoms with E-state index in [1.165, 1.54) is 12.2 Å². The highest BCUT2D eigenvalue weighted by Crippen LogP contribution is 2.44. The molecule has 6 nitrogen and oxygen atoms in total. The van der Waals surface area contributed by atoms with Crippen molar-refractivity contribution in [3.8, 4) is 0 Å². The lowest BCUT2D eigenvalue weighted by Gasteiger charge is -2.33. The standard InChI is InChI=1S/C22H29NO5/c1-12-10-13(2)17(14(3)11-12)18-19(27-21(25)16-8-9-16)22(5,6)23(20(18)24)28-15(4)26-7/h10-11,15-16H,8-9H2,1-7H3. The lowest BCUT2D eigenvalue weighted by molar-refractivity contribution is -0.276. The van der Waals surface area contributed by atoms with Gasteiger partial charge >= 0.3 is 5.97 Å². The molecule has 1 atom stereocenters. The van der Waals surface area contributed by atoms with Gasteiger partial charge in [0.2, 0.25) is 0 Å². The number of nitrogens with zero attached hydrogens (tertiary/aromatic N) is 1. The number of carbonyl (C=O) groups is 2. The lowest BCUT2D eigenvalue weighted by Crippen LogP contribution is -2.46. The maximum atomic E-state index is 13.4. The first kappa shape index (κ1) is 20.6. The second kappa shape index (κ2) is 7.33. The van der Waals surface area contributed by atoms with E-state index in [2.05, 4.69) is 0 Å². The summed E-state index contributed by atoms with van der Waals surface area (Å²) in [5, 5.41) is 1.27. The second-order valence-electron chi connectivity index (χ2n) is 8.24. The molecule has 0 bridgehead atoms. The van der Waals surface area contributed by atoms with Crippen LogP contribution in [0.15, 0.2) is 17.9 Å². The van der Waals surface area contributed by atoms with Crippen LogP contribution in [-0.4, -0.2) is 35.9 Å². The number of carbonyl (C=O) groups excluding carboxylic acids is 2. The Bertz CT molecular complexity index is 827. The Morgan fingerprint density at radius 3 is 2.25 bits per heavy atom. The molecule has 0 N–H and O–H groups in total. The molecular formula is C22H29NO5. The van der Waals surface area contributed by atoms with Gasteiger partial charge in [-0.1, -0.05) is 17.7 Å². The monoisotopic (exact) mass is 387 g/mol. The van der Waals surface area contributed by atoms with Crippen LogP contribution in [0.4, 0.5) is 0 Å². The maximum Gasteiger partial charge on any atom is 0.314 e. The van der Waals surface area contributed by atoms with E-state index in [0.29, 0.717) is 11.3 Å². The van der Waals surface area contributed by atoms with Crippen molar-refractivity contribution < 1.29 is 23.9 Å². The summed E-state index contributed by atoms with van der Waals surface area (Å²) in [5.74, 6) is -0.347. The Morgan fingerprint density at radius 1 is 1.18 bits per heavy atom. The minimum absolute atomic E-state index is 0.0762. The van der Waals surface area contributed by atoms with Gasteiger partial charge in [-0.25, -0.2) is 9.90 Å². The quantitative estimate of drug-likeness (QED) is 0.548. The van der Waals surface area contributed by atoms with E-state index in [-0.39, 0.29) is 17.8 Å². The third-order valence-electron chi connectivity index (χ3n) is 5.31. The number of esters is 1. The van der Waals surface area contributed by atoms with Crippen LogP contribution < -0.4 is 0 Å². The SMILES string of the molecule is COC(C)ON1C(=O)C(c2c(C)cc(C)cc2C)=C(OC(=O)C2CC2)C1(C)C. The van der Waals surface area contributed by atoms with E-state index in [0.717, 1.165) is 35.1 Å². The fraction of sp³-hybridized carbons (Fsp3) is 0.545. The van der Waals surface area contributed by atoms with Crippen molar-refractivity contribution in [1.29, 1.82) is 0 Å². The van der Waals surface area contributed by atoms with E-state index >= 15 is 0 Å². The minimum atomic E-state index is -0.951. The summed E-state index contributed by atoms with van der Waals surface area (Å²) >= 11 is 0. The van der Waals surface area contributed by atoms with Crippen molar-refractivity contribution in [3.05, 3.63) is 40.1 Å². The van der Waals surface area contributed by atoms with Crippen LogP contribution in [0.25, 0.3) is 5.57 Å². The lowest BCUT2D eigenvalue weighted by atomic mass is 9.91. The summed E-state index contributed by atoms with van der Waals surface area (Å²) < 4.78 is 11.0. The summed E-state index contributed by atoms with van der Waals surface area (Å²) in [4.78, 5) is 31.7. The van der Waals surface area contributed by atoms with Gasteiger partial charge in [-0.3, -0.25) is 9.59 Å². The fourth-order valence-corrected chi connectivity index (χ4v) is 3.70. The van der Waals surface area contributed by atoms with Gasteiger partial charge in [0.1, 0.15) is 11.3 Å². The number of hydroxylamine groups is 2. The first-order valence-corrected chi connectivity index (χ1v) is 9.66. The van der Waals surface area contributed by atoms with Gasteiger partial charge in [0, 0.05) is 7.11 Å². The first-order chi connectivity index (χ1) is 13.1. The van der Waals surface area contributed by atoms with Gasteiger partial charge in [0.05, 0.1) is 11.5 Å². The van der Waals surface area contributed by atoms with Gasteiger partial charge in [0.25, 0.3) is 5.91 Å². The van der Waals surface area contributed by atoms with Gasteiger partial charge in [0.15, 0.2) is 6.29 Å². The van der Waals surface area contributed by atoms with Crippen LogP contribution in [0.2, 0.25) is 0 Å². The predicted octanol–water partition coefficient (Wildman–Crippen LogP) is 3.82. The van der Waals surface area contributed by atoms with Crippen molar-refractivity contribution in [2.45, 2.75) is 66.2 Å². The number of rotatable bonds is 6. The van der Waals surface area contributed by atoms with Crippen molar-refractivity contribution in [3.63, 3.8) is 0 Å². The minimum Gasteiger partial charge on any atom is -0.427 e. The number of benzene rings is 1. The van der Waals surface area contributed by atoms with Crippen LogP contribution >= 0.6 is 0 Å². The number of methoxy groups -OCH3 is 1. The van der Waals surface area contributed by atoms with Crippen molar-refractivity contribution in [2.24, 2.45) is 5.92 Å². The van der Waals surface area contributed by atoms with Crippen molar-refractivity contribution in [1.82, 2.24) is 5.06 Å². The molecule has 1 aliphatic carbocycles. The fourth-order valence-electron chi connectivity index (χ4n) is 3.70. The highest BCUT2D eigenvalue weighted by molar-refractivity contribution is 6.23. The van der Waals surface area contributed by atoms with Gasteiger partial charge in [-0.2, -0.15) is 0 Å². The van der Waals surface area contributed by atoms with E-state index in [1.54, 1.807) is 6.92 Å². The number of aryl methyl sites for hydroxylation is 3. The highest BCUT2D eigenvalue weighted by atomic mass is 16.8. The first-order valence-electron chi connectivity index (χ1n) is 9.66. The van der Waals surface area contributed by atoms with Crippen LogP contribution in [0, 0.1) is 26.7 Å². The molecule has 1 fully saturated rings. The number of ether oxygens (including phenoxy) is 2. The Hall–Kier alpha value is -2.18. The van der Waals surface area contributed by atoms with E-state index in [9.17, 15) is 9.59 Å². The third-order valence-corrected chi connectivity index (χ3v) is 5.31. The van der Waals surface area contributed by atoms with Gasteiger partial charge in [-0.05, 0) is 71.1 Å². The molecule has 1 saturated carbocycles. The molecule has 1 aliphatic heterocycles. The van der Waals surface area contributed by atoms with Crippen LogP contribution in [0.3, 0.4) is 0 Å². The Labute approximate surface area is 166 Å². The van der Waals surface area contributed by atoms with Crippen LogP contribution in [-0.2, 0) is 23.9 Å². The molecule has 3 rings (SSSR count). The number of amides is 1. The number of hydrogen-bond donors (Lipinski definition) is 0. The smallest absolute Gasteiger partial charge is 0.314 e. The molecule has 6 heteroatoms. The second-order valence-corrected chi connectivity index (χ2v) is 8.24. The molecule has 1 amide bonds. The Balaban J connectivity index is 2.14. The molecule has 1 aromatic carbocycles. The van der Waals surface area contributed by atoms with Crippen molar-refractivity contribution >= 4 is 17.4 Å². The zero-order chi connectivity index (χ0) is 20.8. The Kier molecular flexibility index (Phi) is 5.38. The van der Waals surface area contributed by atoms with Crippen LogP contribution in [0.5, 0.6) is 0 Å². The van der Waals surface area contributed by atoms with Crippen molar-refractivity contribution in [2.75, 3.05) is 7.11 Å². The van der Waals surface area contributed by atoms with E-state index in [1.807, 2.05) is 46.8 Å². The van der Waals surface area contributed by atoms with Gasteiger partial charge < -0.3 is 9.47 Å². The average molecular weight is 387 g/mol. The molecule has 1 unspecified atom stereocenters. The summed E-state index contributed by atoms with van der Waals surface area (Å²) in [6.45, 7) is 11.3. The molecule has 2 aliphatic rings. The largest absolute Gasteiger partial charge is 0.427 e. The molecule has 1 aromatic rings. The molecule has 0 spiro atoms. The summed E-state index contributed by atoms with van der Waals surface area (Å²) in [6.07, 6.45) is 1.04. The molecule has 0 radical (unpaired) electrons. The van der Waals surface area contributed by atoms with Crippen LogP contribution in [0.1, 0.15) is 55.9 Å². The predicted molar refractivity (Wildman–Crippen MR) is 105 cm³/mol. The average Bonchev–Trinajstić information content (AvgIpc) is 3.42. The topological polar surface area (TPSA) is 65.1 Å². The zero-order valence-electron chi connectivity index (χ0n) is 17.7. The highest BCUT2D eigenvalue weighted by Gasteiger charge is 2.51. The maximum absolute atomic E-state index is 13.4. The molecule has 1 heterocycles. The normalized spacial score (nSPS) is 20.0. The molecule has 0 aromatic heterocycles. The Morgan fingerprint density at radius 2 is 1.75 bits per heavy atom. The molecular weight excluding hydrogens is 358 g/mol.